The van der Waals surface area contributed by atoms with Gasteiger partial charge in [0.1, 0.15) is 0 Å². The molecule has 1 atom stereocenters. The third-order valence-electron chi connectivity index (χ3n) is 1.67. The van der Waals surface area contributed by atoms with Gasteiger partial charge < -0.3 is 5.32 Å². The van der Waals surface area contributed by atoms with Gasteiger partial charge in [0.15, 0.2) is 0 Å². The molecule has 0 bridgehead atoms. The Morgan fingerprint density at radius 3 is 2.86 bits per heavy atom. The van der Waals surface area contributed by atoms with Gasteiger partial charge in [-0.3, -0.25) is 0 Å². The fourth-order valence-electron chi connectivity index (χ4n) is 1.24. The van der Waals surface area contributed by atoms with Crippen LogP contribution in [0.4, 0.5) is 0 Å². The zero-order valence-corrected chi connectivity index (χ0v) is 4.49. The topological polar surface area (TPSA) is 12.0 Å². The van der Waals surface area contributed by atoms with E-state index in [-0.39, 0.29) is 0 Å². The maximum Gasteiger partial charge on any atom is 0.0268 e. The Bertz CT molecular complexity index is 121. The van der Waals surface area contributed by atoms with Gasteiger partial charge in [0, 0.05) is 18.2 Å². The van der Waals surface area contributed by atoms with Crippen molar-refractivity contribution in [1.82, 2.24) is 5.32 Å². The minimum absolute atomic E-state index is 0.749. The number of hydrogen-bond donors (Lipinski definition) is 1. The maximum atomic E-state index is 3.37. The number of hydrogen-bond acceptors (Lipinski definition) is 1. The zero-order chi connectivity index (χ0) is 4.85. The molecule has 38 valence electrons. The molecule has 0 spiro atoms. The van der Waals surface area contributed by atoms with Gasteiger partial charge in [0.25, 0.3) is 0 Å². The first kappa shape index (κ1) is 3.53. The molecular formula is C6H9N. The van der Waals surface area contributed by atoms with Crippen molar-refractivity contribution in [2.45, 2.75) is 25.8 Å². The molecule has 0 aromatic heterocycles. The van der Waals surface area contributed by atoms with Crippen molar-refractivity contribution >= 4 is 0 Å². The van der Waals surface area contributed by atoms with E-state index in [9.17, 15) is 0 Å². The number of nitrogens with one attached hydrogen (secondary N) is 1. The molecule has 1 nitrogen and oxygen atoms in total. The first-order valence-electron chi connectivity index (χ1n) is 2.83. The normalized spacial score (nSPS) is 35.3. The Labute approximate surface area is 43.4 Å². The predicted octanol–water partition coefficient (Wildman–Crippen LogP) is 1.03. The average molecular weight is 95.1 g/mol. The standard InChI is InChI=1S/C6H9N/c1-4-2-5-3-6(5)7-4/h4,7H,2-3H2,1H3. The van der Waals surface area contributed by atoms with Crippen molar-refractivity contribution in [1.29, 1.82) is 0 Å². The van der Waals surface area contributed by atoms with Crippen LogP contribution in [0.5, 0.6) is 0 Å². The molecule has 2 rings (SSSR count). The van der Waals surface area contributed by atoms with E-state index in [1.54, 1.807) is 5.57 Å². The van der Waals surface area contributed by atoms with Crippen molar-refractivity contribution < 1.29 is 0 Å². The van der Waals surface area contributed by atoms with Crippen LogP contribution in [0.15, 0.2) is 11.3 Å². The van der Waals surface area contributed by atoms with Crippen LogP contribution in [0.2, 0.25) is 0 Å². The summed E-state index contributed by atoms with van der Waals surface area (Å²) in [7, 11) is 0. The molecule has 1 aliphatic carbocycles. The molecule has 1 unspecified atom stereocenters. The Morgan fingerprint density at radius 1 is 1.71 bits per heavy atom. The second-order valence-electron chi connectivity index (χ2n) is 2.51. The third-order valence-corrected chi connectivity index (χ3v) is 1.67. The van der Waals surface area contributed by atoms with E-state index >= 15 is 0 Å². The number of allylic oxidation sites excluding steroid dienone is 1. The molecular weight excluding hydrogens is 86.1 g/mol. The molecule has 0 aromatic carbocycles. The SMILES string of the molecule is CC1CC2=C(C2)N1. The van der Waals surface area contributed by atoms with E-state index in [2.05, 4.69) is 12.2 Å². The summed E-state index contributed by atoms with van der Waals surface area (Å²) in [5.74, 6) is 0. The second-order valence-corrected chi connectivity index (χ2v) is 2.51. The summed E-state index contributed by atoms with van der Waals surface area (Å²) < 4.78 is 0. The molecule has 0 radical (unpaired) electrons. The molecule has 1 heterocycles. The van der Waals surface area contributed by atoms with Crippen molar-refractivity contribution in [3.63, 3.8) is 0 Å². The van der Waals surface area contributed by atoms with Crippen LogP contribution in [-0.2, 0) is 0 Å². The summed E-state index contributed by atoms with van der Waals surface area (Å²) in [5.41, 5.74) is 3.21. The van der Waals surface area contributed by atoms with Crippen molar-refractivity contribution in [3.05, 3.63) is 11.3 Å². The average Bonchev–Trinajstić information content (AvgIpc) is 2.15. The molecule has 2 aliphatic rings. The summed E-state index contributed by atoms with van der Waals surface area (Å²) >= 11 is 0. The molecule has 0 aromatic rings. The summed E-state index contributed by atoms with van der Waals surface area (Å²) in [6.45, 7) is 2.23. The Balaban J connectivity index is 2.13. The fourth-order valence-corrected chi connectivity index (χ4v) is 1.24. The molecule has 0 amide bonds. The molecule has 1 aliphatic heterocycles. The molecule has 1 N–H and O–H groups in total. The summed E-state index contributed by atoms with van der Waals surface area (Å²) in [6, 6.07) is 0.749. The Kier molecular flexibility index (Phi) is 0.432. The van der Waals surface area contributed by atoms with E-state index in [4.69, 9.17) is 0 Å². The van der Waals surface area contributed by atoms with Gasteiger partial charge in [-0.25, -0.2) is 0 Å². The molecule has 0 saturated carbocycles. The van der Waals surface area contributed by atoms with E-state index in [1.807, 2.05) is 0 Å². The monoisotopic (exact) mass is 95.1 g/mol. The van der Waals surface area contributed by atoms with Crippen LogP contribution in [0, 0.1) is 0 Å². The van der Waals surface area contributed by atoms with Crippen LogP contribution < -0.4 is 5.32 Å². The largest absolute Gasteiger partial charge is 0.385 e. The van der Waals surface area contributed by atoms with Gasteiger partial charge in [-0.15, -0.1) is 0 Å². The van der Waals surface area contributed by atoms with E-state index in [0.29, 0.717) is 0 Å². The fraction of sp³-hybridized carbons (Fsp3) is 0.667. The highest BCUT2D eigenvalue weighted by atomic mass is 15.0. The molecule has 0 fully saturated rings. The van der Waals surface area contributed by atoms with Gasteiger partial charge in [-0.2, -0.15) is 0 Å². The highest BCUT2D eigenvalue weighted by Gasteiger charge is 2.29. The lowest BCUT2D eigenvalue weighted by atomic mass is 10.2. The quantitative estimate of drug-likeness (QED) is 0.473. The summed E-state index contributed by atoms with van der Waals surface area (Å²) in [4.78, 5) is 0. The van der Waals surface area contributed by atoms with Crippen molar-refractivity contribution in [3.8, 4) is 0 Å². The van der Waals surface area contributed by atoms with Crippen LogP contribution in [0.1, 0.15) is 19.8 Å². The van der Waals surface area contributed by atoms with E-state index in [0.717, 1.165) is 6.04 Å². The van der Waals surface area contributed by atoms with Gasteiger partial charge in [0.2, 0.25) is 0 Å². The lowest BCUT2D eigenvalue weighted by molar-refractivity contribution is 0.637. The van der Waals surface area contributed by atoms with Gasteiger partial charge in [0.05, 0.1) is 0 Å². The lowest BCUT2D eigenvalue weighted by Gasteiger charge is -2.05. The molecule has 1 heteroatoms. The zero-order valence-electron chi connectivity index (χ0n) is 4.49. The van der Waals surface area contributed by atoms with Crippen LogP contribution >= 0.6 is 0 Å². The third kappa shape index (κ3) is 0.379. The smallest absolute Gasteiger partial charge is 0.0268 e. The predicted molar refractivity (Wildman–Crippen MR) is 28.9 cm³/mol. The first-order chi connectivity index (χ1) is 3.36. The number of rotatable bonds is 0. The van der Waals surface area contributed by atoms with Gasteiger partial charge in [-0.05, 0) is 18.9 Å². The lowest BCUT2D eigenvalue weighted by Crippen LogP contribution is -2.18. The highest BCUT2D eigenvalue weighted by Crippen LogP contribution is 2.37. The maximum absolute atomic E-state index is 3.37. The minimum atomic E-state index is 0.749. The van der Waals surface area contributed by atoms with Gasteiger partial charge in [-0.1, -0.05) is 0 Å². The molecule has 7 heavy (non-hydrogen) atoms. The molecule has 0 saturated heterocycles. The summed E-state index contributed by atoms with van der Waals surface area (Å²) in [5, 5.41) is 3.37. The highest BCUT2D eigenvalue weighted by molar-refractivity contribution is 5.38. The van der Waals surface area contributed by atoms with Crippen molar-refractivity contribution in [2.24, 2.45) is 0 Å². The van der Waals surface area contributed by atoms with Gasteiger partial charge >= 0.3 is 0 Å². The Morgan fingerprint density at radius 2 is 2.57 bits per heavy atom. The second kappa shape index (κ2) is 0.857. The number of piperidine rings is 1. The van der Waals surface area contributed by atoms with E-state index in [1.165, 1.54) is 18.5 Å². The van der Waals surface area contributed by atoms with Crippen LogP contribution in [-0.4, -0.2) is 6.04 Å². The first-order valence-corrected chi connectivity index (χ1v) is 2.83. The van der Waals surface area contributed by atoms with Crippen molar-refractivity contribution in [2.75, 3.05) is 0 Å². The van der Waals surface area contributed by atoms with Crippen LogP contribution in [0.3, 0.4) is 0 Å². The minimum Gasteiger partial charge on any atom is -0.385 e. The Hall–Kier alpha value is -0.460. The van der Waals surface area contributed by atoms with E-state index < -0.39 is 0 Å². The summed E-state index contributed by atoms with van der Waals surface area (Å²) in [6.07, 6.45) is 2.61. The van der Waals surface area contributed by atoms with Crippen LogP contribution in [0.25, 0.3) is 0 Å².